The van der Waals surface area contributed by atoms with E-state index in [0.29, 0.717) is 29.1 Å². The summed E-state index contributed by atoms with van der Waals surface area (Å²) in [5, 5.41) is 3.47. The molecule has 0 spiro atoms. The van der Waals surface area contributed by atoms with E-state index in [0.717, 1.165) is 12.1 Å². The first-order valence-corrected chi connectivity index (χ1v) is 11.6. The minimum absolute atomic E-state index is 0.0233. The Labute approximate surface area is 177 Å². The van der Waals surface area contributed by atoms with Gasteiger partial charge < -0.3 is 10.2 Å². The molecule has 0 radical (unpaired) electrons. The lowest BCUT2D eigenvalue weighted by Gasteiger charge is -2.18. The fraction of sp³-hybridized carbons (Fsp3) is 0.208. The van der Waals surface area contributed by atoms with Crippen LogP contribution in [0.25, 0.3) is 0 Å². The minimum atomic E-state index is -3.40. The van der Waals surface area contributed by atoms with E-state index >= 15 is 0 Å². The van der Waals surface area contributed by atoms with Crippen molar-refractivity contribution in [3.63, 3.8) is 0 Å². The standard InChI is InChI=1S/C24H24N2O3S/c27-24(26-16-15-22(17-26)25-21-7-3-1-4-8-21)20-13-11-19(12-14-20)18-30(28,29)23-9-5-2-6-10-23/h1-14,22,25H,15-18H2. The van der Waals surface area contributed by atoms with Gasteiger partial charge in [-0.1, -0.05) is 48.5 Å². The Kier molecular flexibility index (Phi) is 5.86. The van der Waals surface area contributed by atoms with E-state index in [9.17, 15) is 13.2 Å². The van der Waals surface area contributed by atoms with Gasteiger partial charge >= 0.3 is 0 Å². The van der Waals surface area contributed by atoms with Crippen LogP contribution in [0.1, 0.15) is 22.3 Å². The lowest BCUT2D eigenvalue weighted by molar-refractivity contribution is 0.0791. The second-order valence-corrected chi connectivity index (χ2v) is 9.51. The molecular formula is C24H24N2O3S. The number of nitrogens with zero attached hydrogens (tertiary/aromatic N) is 1. The average molecular weight is 421 g/mol. The first-order chi connectivity index (χ1) is 14.5. The van der Waals surface area contributed by atoms with Gasteiger partial charge in [0.15, 0.2) is 9.84 Å². The normalized spacial score (nSPS) is 16.4. The second kappa shape index (κ2) is 8.71. The summed E-state index contributed by atoms with van der Waals surface area (Å²) >= 11 is 0. The molecule has 1 atom stereocenters. The van der Waals surface area contributed by atoms with Crippen molar-refractivity contribution in [2.24, 2.45) is 0 Å². The first kappa shape index (κ1) is 20.2. The van der Waals surface area contributed by atoms with Gasteiger partial charge in [-0.3, -0.25) is 4.79 Å². The molecular weight excluding hydrogens is 396 g/mol. The highest BCUT2D eigenvalue weighted by Crippen LogP contribution is 2.20. The summed E-state index contributed by atoms with van der Waals surface area (Å²) in [4.78, 5) is 15.0. The maximum atomic E-state index is 12.8. The second-order valence-electron chi connectivity index (χ2n) is 7.52. The van der Waals surface area contributed by atoms with Gasteiger partial charge in [-0.15, -0.1) is 0 Å². The Bertz CT molecular complexity index is 1100. The Morgan fingerprint density at radius 2 is 1.53 bits per heavy atom. The number of likely N-dealkylation sites (tertiary alicyclic amines) is 1. The van der Waals surface area contributed by atoms with Crippen molar-refractivity contribution >= 4 is 21.4 Å². The predicted molar refractivity (Wildman–Crippen MR) is 118 cm³/mol. The van der Waals surface area contributed by atoms with Crippen molar-refractivity contribution in [3.05, 3.63) is 96.1 Å². The summed E-state index contributed by atoms with van der Waals surface area (Å²) in [6.07, 6.45) is 0.897. The fourth-order valence-electron chi connectivity index (χ4n) is 3.69. The van der Waals surface area contributed by atoms with Crippen molar-refractivity contribution in [1.29, 1.82) is 0 Å². The van der Waals surface area contributed by atoms with E-state index in [-0.39, 0.29) is 17.7 Å². The third-order valence-corrected chi connectivity index (χ3v) is 6.98. The molecule has 1 aliphatic heterocycles. The summed E-state index contributed by atoms with van der Waals surface area (Å²) in [6.45, 7) is 1.35. The third kappa shape index (κ3) is 4.71. The molecule has 5 nitrogen and oxygen atoms in total. The van der Waals surface area contributed by atoms with Crippen molar-refractivity contribution in [2.75, 3.05) is 18.4 Å². The van der Waals surface area contributed by atoms with Gasteiger partial charge in [0.1, 0.15) is 0 Å². The molecule has 1 aliphatic rings. The molecule has 1 N–H and O–H groups in total. The van der Waals surface area contributed by atoms with Gasteiger partial charge in [0.2, 0.25) is 0 Å². The molecule has 3 aromatic rings. The SMILES string of the molecule is O=C(c1ccc(CS(=O)(=O)c2ccccc2)cc1)N1CCC(Nc2ccccc2)C1. The third-order valence-electron chi connectivity index (χ3n) is 5.28. The molecule has 0 bridgehead atoms. The van der Waals surface area contributed by atoms with Crippen molar-refractivity contribution in [3.8, 4) is 0 Å². The number of nitrogens with one attached hydrogen (secondary N) is 1. The van der Waals surface area contributed by atoms with Gasteiger partial charge in [0.25, 0.3) is 5.91 Å². The fourth-order valence-corrected chi connectivity index (χ4v) is 5.06. The number of amides is 1. The van der Waals surface area contributed by atoms with Crippen LogP contribution in [0.2, 0.25) is 0 Å². The number of carbonyl (C=O) groups is 1. The molecule has 1 unspecified atom stereocenters. The maximum Gasteiger partial charge on any atom is 0.253 e. The highest BCUT2D eigenvalue weighted by Gasteiger charge is 2.27. The number of anilines is 1. The van der Waals surface area contributed by atoms with Gasteiger partial charge in [-0.05, 0) is 48.4 Å². The van der Waals surface area contributed by atoms with Crippen LogP contribution in [0.4, 0.5) is 5.69 Å². The van der Waals surface area contributed by atoms with Crippen LogP contribution in [0.3, 0.4) is 0 Å². The lowest BCUT2D eigenvalue weighted by Crippen LogP contribution is -2.31. The van der Waals surface area contributed by atoms with Crippen LogP contribution in [0.15, 0.2) is 89.8 Å². The lowest BCUT2D eigenvalue weighted by atomic mass is 10.1. The quantitative estimate of drug-likeness (QED) is 0.655. The first-order valence-electron chi connectivity index (χ1n) is 9.99. The highest BCUT2D eigenvalue weighted by atomic mass is 32.2. The smallest absolute Gasteiger partial charge is 0.253 e. The summed E-state index contributed by atoms with van der Waals surface area (Å²) in [7, 11) is -3.40. The van der Waals surface area contributed by atoms with Crippen LogP contribution in [-0.2, 0) is 15.6 Å². The van der Waals surface area contributed by atoms with Crippen LogP contribution >= 0.6 is 0 Å². The number of carbonyl (C=O) groups excluding carboxylic acids is 1. The van der Waals surface area contributed by atoms with E-state index in [4.69, 9.17) is 0 Å². The molecule has 1 fully saturated rings. The van der Waals surface area contributed by atoms with E-state index in [2.05, 4.69) is 5.32 Å². The van der Waals surface area contributed by atoms with Crippen LogP contribution in [0.5, 0.6) is 0 Å². The highest BCUT2D eigenvalue weighted by molar-refractivity contribution is 7.90. The van der Waals surface area contributed by atoms with Crippen LogP contribution < -0.4 is 5.32 Å². The van der Waals surface area contributed by atoms with Crippen LogP contribution in [0, 0.1) is 0 Å². The van der Waals surface area contributed by atoms with E-state index in [1.807, 2.05) is 35.2 Å². The maximum absolute atomic E-state index is 12.8. The number of sulfone groups is 1. The Balaban J connectivity index is 1.38. The molecule has 6 heteroatoms. The van der Waals surface area contributed by atoms with E-state index in [1.165, 1.54) is 0 Å². The van der Waals surface area contributed by atoms with Crippen LogP contribution in [-0.4, -0.2) is 38.4 Å². The molecule has 0 aromatic heterocycles. The van der Waals surface area contributed by atoms with Gasteiger partial charge in [-0.2, -0.15) is 0 Å². The van der Waals surface area contributed by atoms with Crippen molar-refractivity contribution < 1.29 is 13.2 Å². The molecule has 30 heavy (non-hydrogen) atoms. The number of benzene rings is 3. The zero-order valence-corrected chi connectivity index (χ0v) is 17.4. The molecule has 4 rings (SSSR count). The van der Waals surface area contributed by atoms with E-state index in [1.54, 1.807) is 54.6 Å². The Hall–Kier alpha value is -3.12. The Morgan fingerprint density at radius 1 is 0.900 bits per heavy atom. The van der Waals surface area contributed by atoms with Gasteiger partial charge in [0, 0.05) is 30.4 Å². The van der Waals surface area contributed by atoms with Gasteiger partial charge in [-0.25, -0.2) is 8.42 Å². The molecule has 1 heterocycles. The molecule has 154 valence electrons. The number of rotatable bonds is 6. The molecule has 0 saturated carbocycles. The zero-order valence-electron chi connectivity index (χ0n) is 16.6. The molecule has 1 amide bonds. The van der Waals surface area contributed by atoms with E-state index < -0.39 is 9.84 Å². The number of para-hydroxylation sites is 1. The monoisotopic (exact) mass is 420 g/mol. The summed E-state index contributed by atoms with van der Waals surface area (Å²) < 4.78 is 25.1. The summed E-state index contributed by atoms with van der Waals surface area (Å²) in [6, 6.07) is 25.5. The predicted octanol–water partition coefficient (Wildman–Crippen LogP) is 3.99. The van der Waals surface area contributed by atoms with Crippen molar-refractivity contribution in [2.45, 2.75) is 23.1 Å². The van der Waals surface area contributed by atoms with Crippen molar-refractivity contribution in [1.82, 2.24) is 4.90 Å². The molecule has 3 aromatic carbocycles. The molecule has 0 aliphatic carbocycles. The summed E-state index contributed by atoms with van der Waals surface area (Å²) in [5.74, 6) is -0.108. The molecule has 1 saturated heterocycles. The van der Waals surface area contributed by atoms with Gasteiger partial charge in [0.05, 0.1) is 10.6 Å². The summed E-state index contributed by atoms with van der Waals surface area (Å²) in [5.41, 5.74) is 2.30. The Morgan fingerprint density at radius 3 is 2.20 bits per heavy atom. The number of hydrogen-bond acceptors (Lipinski definition) is 4. The minimum Gasteiger partial charge on any atom is -0.380 e. The topological polar surface area (TPSA) is 66.5 Å². The largest absolute Gasteiger partial charge is 0.380 e. The number of hydrogen-bond donors (Lipinski definition) is 1. The zero-order chi connectivity index (χ0) is 21.0. The average Bonchev–Trinajstić information content (AvgIpc) is 3.23.